The van der Waals surface area contributed by atoms with Crippen molar-refractivity contribution in [1.82, 2.24) is 19.3 Å². The van der Waals surface area contributed by atoms with E-state index in [4.69, 9.17) is 9.78 Å². The van der Waals surface area contributed by atoms with Gasteiger partial charge >= 0.3 is 5.69 Å². The second-order valence-corrected chi connectivity index (χ2v) is 5.88. The number of rotatable bonds is 3. The molecule has 0 aliphatic rings. The van der Waals surface area contributed by atoms with Crippen molar-refractivity contribution in [2.24, 2.45) is 0 Å². The maximum Gasteiger partial charge on any atom is 0.331 e. The van der Waals surface area contributed by atoms with Crippen LogP contribution in [-0.2, 0) is 18.5 Å². The molecule has 116 valence electrons. The molecule has 2 aromatic heterocycles. The van der Waals surface area contributed by atoms with Crippen molar-refractivity contribution in [3.63, 3.8) is 0 Å². The van der Waals surface area contributed by atoms with E-state index in [2.05, 4.69) is 10.1 Å². The summed E-state index contributed by atoms with van der Waals surface area (Å²) in [6, 6.07) is 1.79. The Morgan fingerprint density at radius 3 is 2.55 bits per heavy atom. The fourth-order valence-corrected chi connectivity index (χ4v) is 1.86. The number of nitriles is 1. The Morgan fingerprint density at radius 1 is 1.36 bits per heavy atom. The first-order valence-electron chi connectivity index (χ1n) is 6.85. The minimum absolute atomic E-state index is 0.1000. The highest BCUT2D eigenvalue weighted by Gasteiger charge is 2.22. The van der Waals surface area contributed by atoms with Gasteiger partial charge in [0.15, 0.2) is 5.82 Å². The predicted octanol–water partition coefficient (Wildman–Crippen LogP) is 0.630. The van der Waals surface area contributed by atoms with E-state index in [1.807, 2.05) is 20.8 Å². The van der Waals surface area contributed by atoms with Crippen molar-refractivity contribution in [2.75, 3.05) is 0 Å². The van der Waals surface area contributed by atoms with Crippen LogP contribution in [0.2, 0.25) is 0 Å². The predicted molar refractivity (Wildman–Crippen MR) is 77.5 cm³/mol. The van der Waals surface area contributed by atoms with Gasteiger partial charge in [0.1, 0.15) is 18.2 Å². The molecule has 0 aromatic carbocycles. The summed E-state index contributed by atoms with van der Waals surface area (Å²) in [6.45, 7) is 7.72. The van der Waals surface area contributed by atoms with E-state index in [1.54, 1.807) is 13.0 Å². The normalized spacial score (nSPS) is 11.4. The second-order valence-electron chi connectivity index (χ2n) is 5.88. The molecular weight excluding hydrogens is 286 g/mol. The zero-order chi connectivity index (χ0) is 16.5. The van der Waals surface area contributed by atoms with Crippen molar-refractivity contribution in [1.29, 1.82) is 5.26 Å². The van der Waals surface area contributed by atoms with Crippen LogP contribution in [0.25, 0.3) is 0 Å². The summed E-state index contributed by atoms with van der Waals surface area (Å²) in [5, 5.41) is 12.9. The Morgan fingerprint density at radius 2 is 2.05 bits per heavy atom. The highest BCUT2D eigenvalue weighted by atomic mass is 16.5. The van der Waals surface area contributed by atoms with Crippen LogP contribution >= 0.6 is 0 Å². The molecule has 0 N–H and O–H groups in total. The van der Waals surface area contributed by atoms with E-state index in [0.29, 0.717) is 12.4 Å². The highest BCUT2D eigenvalue weighted by molar-refractivity contribution is 5.22. The Bertz CT molecular complexity index is 845. The van der Waals surface area contributed by atoms with Gasteiger partial charge in [-0.2, -0.15) is 10.2 Å². The largest absolute Gasteiger partial charge is 0.337 e. The summed E-state index contributed by atoms with van der Waals surface area (Å²) < 4.78 is 7.33. The average Bonchev–Trinajstić information content (AvgIpc) is 2.92. The molecule has 2 rings (SSSR count). The molecular formula is C14H17N5O3. The SMILES string of the molecule is CCn1cc(C#N)c(=O)n(Cc2nc(C(C)(C)C)no2)c1=O. The minimum Gasteiger partial charge on any atom is -0.337 e. The maximum atomic E-state index is 12.2. The summed E-state index contributed by atoms with van der Waals surface area (Å²) in [5.41, 5.74) is -1.57. The Kier molecular flexibility index (Phi) is 3.99. The number of aromatic nitrogens is 4. The highest BCUT2D eigenvalue weighted by Crippen LogP contribution is 2.18. The Labute approximate surface area is 126 Å². The van der Waals surface area contributed by atoms with Crippen LogP contribution in [0, 0.1) is 11.3 Å². The smallest absolute Gasteiger partial charge is 0.331 e. The van der Waals surface area contributed by atoms with Crippen molar-refractivity contribution >= 4 is 0 Å². The monoisotopic (exact) mass is 303 g/mol. The van der Waals surface area contributed by atoms with Crippen molar-refractivity contribution in [3.8, 4) is 6.07 Å². The van der Waals surface area contributed by atoms with Crippen LogP contribution < -0.4 is 11.2 Å². The van der Waals surface area contributed by atoms with Crippen molar-refractivity contribution in [3.05, 3.63) is 44.3 Å². The zero-order valence-corrected chi connectivity index (χ0v) is 13.0. The van der Waals surface area contributed by atoms with Crippen molar-refractivity contribution in [2.45, 2.75) is 46.2 Å². The topological polar surface area (TPSA) is 107 Å². The molecule has 0 fully saturated rings. The van der Waals surface area contributed by atoms with E-state index < -0.39 is 11.2 Å². The number of hydrogen-bond acceptors (Lipinski definition) is 6. The first-order valence-corrected chi connectivity index (χ1v) is 6.85. The third kappa shape index (κ3) is 2.83. The van der Waals surface area contributed by atoms with E-state index in [0.717, 1.165) is 4.57 Å². The van der Waals surface area contributed by atoms with Gasteiger partial charge in [-0.25, -0.2) is 9.36 Å². The second kappa shape index (κ2) is 5.60. The van der Waals surface area contributed by atoms with E-state index in [9.17, 15) is 9.59 Å². The molecule has 2 heterocycles. The van der Waals surface area contributed by atoms with Crippen LogP contribution in [0.5, 0.6) is 0 Å². The van der Waals surface area contributed by atoms with E-state index >= 15 is 0 Å². The van der Waals surface area contributed by atoms with Gasteiger partial charge in [0.2, 0.25) is 5.89 Å². The van der Waals surface area contributed by atoms with Gasteiger partial charge < -0.3 is 4.52 Å². The number of hydrogen-bond donors (Lipinski definition) is 0. The van der Waals surface area contributed by atoms with E-state index in [-0.39, 0.29) is 23.4 Å². The van der Waals surface area contributed by atoms with Gasteiger partial charge in [0.25, 0.3) is 5.56 Å². The third-order valence-electron chi connectivity index (χ3n) is 3.13. The summed E-state index contributed by atoms with van der Waals surface area (Å²) in [6.07, 6.45) is 1.26. The van der Waals surface area contributed by atoms with Gasteiger partial charge in [-0.15, -0.1) is 0 Å². The molecule has 0 aliphatic carbocycles. The minimum atomic E-state index is -0.660. The fourth-order valence-electron chi connectivity index (χ4n) is 1.86. The third-order valence-corrected chi connectivity index (χ3v) is 3.13. The van der Waals surface area contributed by atoms with Crippen LogP contribution in [-0.4, -0.2) is 19.3 Å². The summed E-state index contributed by atoms with van der Waals surface area (Å²) >= 11 is 0. The van der Waals surface area contributed by atoms with Gasteiger partial charge in [-0.05, 0) is 6.92 Å². The zero-order valence-electron chi connectivity index (χ0n) is 13.0. The van der Waals surface area contributed by atoms with Gasteiger partial charge in [-0.1, -0.05) is 25.9 Å². The van der Waals surface area contributed by atoms with Crippen LogP contribution in [0.4, 0.5) is 0 Å². The molecule has 2 aromatic rings. The van der Waals surface area contributed by atoms with Gasteiger partial charge in [0, 0.05) is 18.2 Å². The summed E-state index contributed by atoms with van der Waals surface area (Å²) in [7, 11) is 0. The molecule has 0 atom stereocenters. The number of nitrogens with zero attached hydrogens (tertiary/aromatic N) is 5. The van der Waals surface area contributed by atoms with Gasteiger partial charge in [0.05, 0.1) is 0 Å². The molecule has 0 unspecified atom stereocenters. The lowest BCUT2D eigenvalue weighted by Gasteiger charge is -2.11. The molecule has 0 aliphatic heterocycles. The average molecular weight is 303 g/mol. The molecule has 0 spiro atoms. The molecule has 22 heavy (non-hydrogen) atoms. The quantitative estimate of drug-likeness (QED) is 0.823. The summed E-state index contributed by atoms with van der Waals surface area (Å²) in [4.78, 5) is 28.6. The maximum absolute atomic E-state index is 12.2. The van der Waals surface area contributed by atoms with Crippen LogP contribution in [0.1, 0.15) is 45.0 Å². The Hall–Kier alpha value is -2.69. The molecule has 0 saturated heterocycles. The molecule has 0 bridgehead atoms. The van der Waals surface area contributed by atoms with Crippen LogP contribution in [0.15, 0.2) is 20.3 Å². The lowest BCUT2D eigenvalue weighted by atomic mass is 9.96. The molecule has 8 heteroatoms. The molecule has 0 amide bonds. The van der Waals surface area contributed by atoms with Crippen LogP contribution in [0.3, 0.4) is 0 Å². The standard InChI is InChI=1S/C14H17N5O3/c1-5-18-7-9(6-15)11(20)19(13(18)21)8-10-16-12(17-22-10)14(2,3)4/h7H,5,8H2,1-4H3. The van der Waals surface area contributed by atoms with E-state index in [1.165, 1.54) is 10.8 Å². The number of aryl methyl sites for hydroxylation is 1. The Balaban J connectivity index is 2.50. The lowest BCUT2D eigenvalue weighted by molar-refractivity contribution is 0.353. The molecule has 8 nitrogen and oxygen atoms in total. The first kappa shape index (κ1) is 15.7. The fraction of sp³-hybridized carbons (Fsp3) is 0.500. The first-order chi connectivity index (χ1) is 10.3. The summed E-state index contributed by atoms with van der Waals surface area (Å²) in [5.74, 6) is 0.643. The molecule has 0 saturated carbocycles. The molecule has 0 radical (unpaired) electrons. The van der Waals surface area contributed by atoms with Gasteiger partial charge in [-0.3, -0.25) is 9.36 Å². The van der Waals surface area contributed by atoms with Crippen molar-refractivity contribution < 1.29 is 4.52 Å². The lowest BCUT2D eigenvalue weighted by Crippen LogP contribution is -2.41.